The number of rotatable bonds is 2. The molecule has 3 heteroatoms. The Labute approximate surface area is 179 Å². The molecule has 4 aromatic carbocycles. The lowest BCUT2D eigenvalue weighted by Gasteiger charge is -2.33. The van der Waals surface area contributed by atoms with Gasteiger partial charge < -0.3 is 4.90 Å². The number of fused-ring (bicyclic) bond motifs is 3. The van der Waals surface area contributed by atoms with E-state index in [0.29, 0.717) is 0 Å². The van der Waals surface area contributed by atoms with Crippen LogP contribution in [0.1, 0.15) is 0 Å². The molecule has 0 unspecified atom stereocenters. The average molecular weight is 403 g/mol. The SMILES string of the molecule is c1cc(-c2nccc3ccccc23)cc(N2c3ccccc3Sc3ccccc32)c1. The third-order valence-corrected chi connectivity index (χ3v) is 6.61. The van der Waals surface area contributed by atoms with E-state index < -0.39 is 0 Å². The molecule has 0 saturated heterocycles. The second-order valence-corrected chi connectivity index (χ2v) is 8.39. The average Bonchev–Trinajstić information content (AvgIpc) is 2.82. The maximum Gasteiger partial charge on any atom is 0.0781 e. The van der Waals surface area contributed by atoms with Gasteiger partial charge in [0, 0.05) is 32.6 Å². The van der Waals surface area contributed by atoms with Crippen molar-refractivity contribution in [3.05, 3.63) is 109 Å². The van der Waals surface area contributed by atoms with E-state index in [1.54, 1.807) is 0 Å². The van der Waals surface area contributed by atoms with Crippen LogP contribution in [0.2, 0.25) is 0 Å². The molecule has 0 aliphatic carbocycles. The predicted octanol–water partition coefficient (Wildman–Crippen LogP) is 7.84. The Morgan fingerprint density at radius 2 is 1.33 bits per heavy atom. The number of aromatic nitrogens is 1. The van der Waals surface area contributed by atoms with Crippen molar-refractivity contribution in [2.45, 2.75) is 9.79 Å². The van der Waals surface area contributed by atoms with Crippen LogP contribution in [0.15, 0.2) is 119 Å². The van der Waals surface area contributed by atoms with E-state index in [0.717, 1.165) is 16.9 Å². The van der Waals surface area contributed by atoms with Gasteiger partial charge in [-0.15, -0.1) is 0 Å². The summed E-state index contributed by atoms with van der Waals surface area (Å²) in [5, 5.41) is 2.38. The quantitative estimate of drug-likeness (QED) is 0.293. The molecule has 0 atom stereocenters. The van der Waals surface area contributed by atoms with Crippen molar-refractivity contribution in [1.29, 1.82) is 0 Å². The number of nitrogens with zero attached hydrogens (tertiary/aromatic N) is 2. The van der Waals surface area contributed by atoms with Crippen LogP contribution in [0.4, 0.5) is 17.1 Å². The lowest BCUT2D eigenvalue weighted by atomic mass is 10.0. The molecule has 2 heterocycles. The zero-order valence-corrected chi connectivity index (χ0v) is 17.0. The molecule has 1 aliphatic heterocycles. The molecular formula is C27H18N2S. The zero-order valence-electron chi connectivity index (χ0n) is 16.2. The fourth-order valence-corrected chi connectivity index (χ4v) is 5.18. The predicted molar refractivity (Wildman–Crippen MR) is 126 cm³/mol. The fraction of sp³-hybridized carbons (Fsp3) is 0. The normalized spacial score (nSPS) is 12.5. The molecule has 0 spiro atoms. The van der Waals surface area contributed by atoms with Gasteiger partial charge in [-0.25, -0.2) is 0 Å². The van der Waals surface area contributed by atoms with Gasteiger partial charge in [0.15, 0.2) is 0 Å². The Morgan fingerprint density at radius 3 is 2.13 bits per heavy atom. The van der Waals surface area contributed by atoms with Gasteiger partial charge in [-0.05, 0) is 47.9 Å². The van der Waals surface area contributed by atoms with Crippen LogP contribution >= 0.6 is 11.8 Å². The van der Waals surface area contributed by atoms with E-state index >= 15 is 0 Å². The van der Waals surface area contributed by atoms with Gasteiger partial charge in [0.25, 0.3) is 0 Å². The van der Waals surface area contributed by atoms with E-state index in [2.05, 4.69) is 108 Å². The fourth-order valence-electron chi connectivity index (χ4n) is 4.12. The molecular weight excluding hydrogens is 384 g/mol. The van der Waals surface area contributed by atoms with E-state index in [1.165, 1.54) is 31.9 Å². The Balaban J connectivity index is 1.55. The number of hydrogen-bond acceptors (Lipinski definition) is 3. The highest BCUT2D eigenvalue weighted by molar-refractivity contribution is 7.99. The maximum atomic E-state index is 4.73. The largest absolute Gasteiger partial charge is 0.308 e. The molecule has 1 aliphatic rings. The minimum absolute atomic E-state index is 1.02. The summed E-state index contributed by atoms with van der Waals surface area (Å²) in [4.78, 5) is 9.62. The second-order valence-electron chi connectivity index (χ2n) is 7.30. The summed E-state index contributed by atoms with van der Waals surface area (Å²) in [6.45, 7) is 0. The number of anilines is 3. The summed E-state index contributed by atoms with van der Waals surface area (Å²) in [5.41, 5.74) is 5.70. The van der Waals surface area contributed by atoms with Crippen molar-refractivity contribution < 1.29 is 0 Å². The molecule has 0 radical (unpaired) electrons. The molecule has 142 valence electrons. The van der Waals surface area contributed by atoms with Gasteiger partial charge in [-0.3, -0.25) is 4.98 Å². The van der Waals surface area contributed by atoms with Gasteiger partial charge in [-0.2, -0.15) is 0 Å². The van der Waals surface area contributed by atoms with Gasteiger partial charge in [0.05, 0.1) is 17.1 Å². The monoisotopic (exact) mass is 402 g/mol. The van der Waals surface area contributed by atoms with Crippen LogP contribution in [-0.4, -0.2) is 4.98 Å². The highest BCUT2D eigenvalue weighted by Crippen LogP contribution is 2.51. The highest BCUT2D eigenvalue weighted by atomic mass is 32.2. The molecule has 2 nitrogen and oxygen atoms in total. The smallest absolute Gasteiger partial charge is 0.0781 e. The third kappa shape index (κ3) is 2.78. The molecule has 5 aromatic rings. The van der Waals surface area contributed by atoms with E-state index in [-0.39, 0.29) is 0 Å². The summed E-state index contributed by atoms with van der Waals surface area (Å²) in [6, 6.07) is 36.4. The minimum Gasteiger partial charge on any atom is -0.308 e. The van der Waals surface area contributed by atoms with Crippen molar-refractivity contribution in [3.63, 3.8) is 0 Å². The summed E-state index contributed by atoms with van der Waals surface area (Å²) < 4.78 is 0. The summed E-state index contributed by atoms with van der Waals surface area (Å²) in [6.07, 6.45) is 1.90. The van der Waals surface area contributed by atoms with E-state index in [4.69, 9.17) is 4.98 Å². The summed E-state index contributed by atoms with van der Waals surface area (Å²) in [7, 11) is 0. The van der Waals surface area contributed by atoms with Crippen LogP contribution in [0.3, 0.4) is 0 Å². The number of pyridine rings is 1. The van der Waals surface area contributed by atoms with Crippen molar-refractivity contribution in [2.24, 2.45) is 0 Å². The van der Waals surface area contributed by atoms with Gasteiger partial charge in [-0.1, -0.05) is 72.4 Å². The Hall–Kier alpha value is -3.56. The highest BCUT2D eigenvalue weighted by Gasteiger charge is 2.24. The van der Waals surface area contributed by atoms with Crippen molar-refractivity contribution in [1.82, 2.24) is 4.98 Å². The molecule has 0 bridgehead atoms. The zero-order chi connectivity index (χ0) is 19.9. The first kappa shape index (κ1) is 17.3. The minimum atomic E-state index is 1.02. The van der Waals surface area contributed by atoms with Crippen molar-refractivity contribution >= 4 is 39.6 Å². The van der Waals surface area contributed by atoms with Crippen LogP contribution in [0, 0.1) is 0 Å². The second kappa shape index (κ2) is 7.05. The molecule has 0 saturated carbocycles. The maximum absolute atomic E-state index is 4.73. The summed E-state index contributed by atoms with van der Waals surface area (Å²) >= 11 is 1.83. The van der Waals surface area contributed by atoms with E-state index in [9.17, 15) is 0 Å². The first-order chi connectivity index (χ1) is 14.9. The third-order valence-electron chi connectivity index (χ3n) is 5.48. The lowest BCUT2D eigenvalue weighted by Crippen LogP contribution is -2.14. The molecule has 6 rings (SSSR count). The van der Waals surface area contributed by atoms with Crippen molar-refractivity contribution in [2.75, 3.05) is 4.90 Å². The first-order valence-electron chi connectivity index (χ1n) is 9.99. The molecule has 0 fully saturated rings. The lowest BCUT2D eigenvalue weighted by molar-refractivity contribution is 1.17. The molecule has 0 amide bonds. The Bertz CT molecular complexity index is 1340. The number of benzene rings is 4. The van der Waals surface area contributed by atoms with Gasteiger partial charge in [0.1, 0.15) is 0 Å². The molecule has 30 heavy (non-hydrogen) atoms. The van der Waals surface area contributed by atoms with Gasteiger partial charge in [0.2, 0.25) is 0 Å². The Kier molecular flexibility index (Phi) is 4.07. The van der Waals surface area contributed by atoms with E-state index in [1.807, 2.05) is 18.0 Å². The van der Waals surface area contributed by atoms with Crippen LogP contribution in [0.25, 0.3) is 22.0 Å². The summed E-state index contributed by atoms with van der Waals surface area (Å²) in [5.74, 6) is 0. The van der Waals surface area contributed by atoms with Crippen LogP contribution in [-0.2, 0) is 0 Å². The number of hydrogen-bond donors (Lipinski definition) is 0. The standard InChI is InChI=1S/C27H18N2S/c1-2-11-22-19(8-1)16-17-28-27(22)20-9-7-10-21(18-20)29-23-12-3-5-14-25(23)30-26-15-6-4-13-24(26)29/h1-18H. The molecule has 1 aromatic heterocycles. The molecule has 0 N–H and O–H groups in total. The van der Waals surface area contributed by atoms with Crippen LogP contribution < -0.4 is 4.90 Å². The number of para-hydroxylation sites is 2. The van der Waals surface area contributed by atoms with Crippen molar-refractivity contribution in [3.8, 4) is 11.3 Å². The van der Waals surface area contributed by atoms with Gasteiger partial charge >= 0.3 is 0 Å². The Morgan fingerprint density at radius 1 is 0.633 bits per heavy atom. The first-order valence-corrected chi connectivity index (χ1v) is 10.8. The van der Waals surface area contributed by atoms with Crippen LogP contribution in [0.5, 0.6) is 0 Å². The topological polar surface area (TPSA) is 16.1 Å².